The molecule has 0 saturated carbocycles. The molecular weight excluding hydrogens is 322 g/mol. The average molecular weight is 339 g/mol. The molecule has 2 heterocycles. The maximum absolute atomic E-state index is 12.5. The predicted molar refractivity (Wildman–Crippen MR) is 88.0 cm³/mol. The van der Waals surface area contributed by atoms with Crippen LogP contribution in [0.1, 0.15) is 17.0 Å². The van der Waals surface area contributed by atoms with Crippen molar-refractivity contribution in [2.75, 3.05) is 13.3 Å². The highest BCUT2D eigenvalue weighted by Gasteiger charge is 2.42. The Bertz CT molecular complexity index is 805. The van der Waals surface area contributed by atoms with Gasteiger partial charge < -0.3 is 19.5 Å². The number of fused-ring (bicyclic) bond motifs is 1. The molecule has 1 amide bonds. The quantitative estimate of drug-likeness (QED) is 0.681. The maximum Gasteiger partial charge on any atom is 0.319 e. The van der Waals surface area contributed by atoms with Crippen LogP contribution in [0.2, 0.25) is 0 Å². The molecule has 2 atom stereocenters. The Morgan fingerprint density at radius 2 is 1.92 bits per heavy atom. The van der Waals surface area contributed by atoms with Gasteiger partial charge >= 0.3 is 5.97 Å². The zero-order valence-electron chi connectivity index (χ0n) is 13.4. The third-order valence-electron chi connectivity index (χ3n) is 4.48. The minimum absolute atomic E-state index is 0.150. The molecule has 25 heavy (non-hydrogen) atoms. The number of ether oxygens (including phenoxy) is 3. The van der Waals surface area contributed by atoms with E-state index in [4.69, 9.17) is 14.2 Å². The number of benzene rings is 2. The molecule has 0 aliphatic carbocycles. The summed E-state index contributed by atoms with van der Waals surface area (Å²) in [5, 5.41) is 2.75. The van der Waals surface area contributed by atoms with E-state index in [1.165, 1.54) is 0 Å². The predicted octanol–water partition coefficient (Wildman–Crippen LogP) is 1.99. The topological polar surface area (TPSA) is 73.9 Å². The summed E-state index contributed by atoms with van der Waals surface area (Å²) in [5.41, 5.74) is 1.73. The van der Waals surface area contributed by atoms with Crippen LogP contribution in [0, 0.1) is 5.92 Å². The number of nitrogens with one attached hydrogen (secondary N) is 1. The normalized spacial score (nSPS) is 21.0. The summed E-state index contributed by atoms with van der Waals surface area (Å²) in [6.45, 7) is 0.726. The molecular formula is C19H17NO5. The van der Waals surface area contributed by atoms with Crippen molar-refractivity contribution in [3.8, 4) is 11.5 Å². The lowest BCUT2D eigenvalue weighted by atomic mass is 9.88. The van der Waals surface area contributed by atoms with E-state index in [1.54, 1.807) is 6.07 Å². The van der Waals surface area contributed by atoms with E-state index in [0.29, 0.717) is 18.0 Å². The van der Waals surface area contributed by atoms with Crippen LogP contribution in [-0.4, -0.2) is 25.2 Å². The van der Waals surface area contributed by atoms with Crippen LogP contribution in [0.5, 0.6) is 11.5 Å². The third-order valence-corrected chi connectivity index (χ3v) is 4.48. The Labute approximate surface area is 144 Å². The van der Waals surface area contributed by atoms with Gasteiger partial charge in [0.25, 0.3) is 0 Å². The van der Waals surface area contributed by atoms with Gasteiger partial charge in [-0.1, -0.05) is 36.4 Å². The highest BCUT2D eigenvalue weighted by molar-refractivity contribution is 6.00. The first-order valence-electron chi connectivity index (χ1n) is 8.10. The highest BCUT2D eigenvalue weighted by Crippen LogP contribution is 2.38. The Morgan fingerprint density at radius 1 is 1.12 bits per heavy atom. The van der Waals surface area contributed by atoms with E-state index in [0.717, 1.165) is 11.1 Å². The molecule has 0 spiro atoms. The van der Waals surface area contributed by atoms with Crippen molar-refractivity contribution in [2.24, 2.45) is 5.92 Å². The van der Waals surface area contributed by atoms with Gasteiger partial charge in [0.05, 0.1) is 0 Å². The molecule has 128 valence electrons. The molecule has 2 unspecified atom stereocenters. The van der Waals surface area contributed by atoms with Crippen molar-refractivity contribution in [3.05, 3.63) is 59.7 Å². The van der Waals surface area contributed by atoms with Crippen LogP contribution in [0.25, 0.3) is 0 Å². The van der Waals surface area contributed by atoms with E-state index in [-0.39, 0.29) is 25.2 Å². The van der Waals surface area contributed by atoms with Crippen molar-refractivity contribution in [2.45, 2.75) is 12.5 Å². The van der Waals surface area contributed by atoms with E-state index >= 15 is 0 Å². The van der Waals surface area contributed by atoms with Gasteiger partial charge in [0, 0.05) is 12.5 Å². The smallest absolute Gasteiger partial charge is 0.319 e. The number of amides is 1. The summed E-state index contributed by atoms with van der Waals surface area (Å²) in [6.07, 6.45) is 0. The van der Waals surface area contributed by atoms with Gasteiger partial charge in [-0.25, -0.2) is 0 Å². The largest absolute Gasteiger partial charge is 0.460 e. The fourth-order valence-corrected chi connectivity index (χ4v) is 3.16. The number of carbonyl (C=O) groups is 2. The van der Waals surface area contributed by atoms with Crippen molar-refractivity contribution in [1.82, 2.24) is 5.32 Å². The Hall–Kier alpha value is -3.02. The fraction of sp³-hybridized carbons (Fsp3) is 0.263. The minimum atomic E-state index is -0.857. The lowest BCUT2D eigenvalue weighted by Gasteiger charge is -2.16. The molecule has 4 rings (SSSR count). The number of rotatable bonds is 4. The van der Waals surface area contributed by atoms with E-state index in [2.05, 4.69) is 5.32 Å². The van der Waals surface area contributed by atoms with E-state index < -0.39 is 11.9 Å². The second-order valence-electron chi connectivity index (χ2n) is 6.04. The van der Waals surface area contributed by atoms with Crippen molar-refractivity contribution >= 4 is 11.9 Å². The van der Waals surface area contributed by atoms with Gasteiger partial charge in [-0.05, 0) is 23.3 Å². The summed E-state index contributed by atoms with van der Waals surface area (Å²) < 4.78 is 16.1. The van der Waals surface area contributed by atoms with E-state index in [1.807, 2.05) is 42.5 Å². The van der Waals surface area contributed by atoms with Gasteiger partial charge in [0.1, 0.15) is 12.5 Å². The third kappa shape index (κ3) is 3.03. The lowest BCUT2D eigenvalue weighted by molar-refractivity contribution is -0.152. The van der Waals surface area contributed by atoms with Crippen LogP contribution in [0.15, 0.2) is 48.5 Å². The standard InChI is InChI=1S/C19H17NO5/c21-18-17(19(22)23-10-12-4-2-1-3-5-12)14(9-20-18)13-6-7-15-16(8-13)25-11-24-15/h1-8,14,17H,9-11H2,(H,20,21). The summed E-state index contributed by atoms with van der Waals surface area (Å²) in [6, 6.07) is 14.9. The Balaban J connectivity index is 1.50. The molecule has 2 aliphatic heterocycles. The van der Waals surface area contributed by atoms with Crippen LogP contribution in [0.3, 0.4) is 0 Å². The van der Waals surface area contributed by atoms with Crippen LogP contribution < -0.4 is 14.8 Å². The van der Waals surface area contributed by atoms with Gasteiger partial charge in [-0.2, -0.15) is 0 Å². The Kier molecular flexibility index (Phi) is 4.01. The number of hydrogen-bond donors (Lipinski definition) is 1. The number of esters is 1. The molecule has 2 aliphatic rings. The lowest BCUT2D eigenvalue weighted by Crippen LogP contribution is -2.28. The number of carbonyl (C=O) groups excluding carboxylic acids is 2. The second-order valence-corrected chi connectivity index (χ2v) is 6.04. The molecule has 1 N–H and O–H groups in total. The highest BCUT2D eigenvalue weighted by atomic mass is 16.7. The monoisotopic (exact) mass is 339 g/mol. The summed E-state index contributed by atoms with van der Waals surface area (Å²) in [4.78, 5) is 24.7. The van der Waals surface area contributed by atoms with Gasteiger partial charge in [0.2, 0.25) is 12.7 Å². The summed E-state index contributed by atoms with van der Waals surface area (Å²) >= 11 is 0. The fourth-order valence-electron chi connectivity index (χ4n) is 3.16. The van der Waals surface area contributed by atoms with E-state index in [9.17, 15) is 9.59 Å². The molecule has 0 aromatic heterocycles. The van der Waals surface area contributed by atoms with Crippen LogP contribution in [0.4, 0.5) is 0 Å². The molecule has 2 aromatic carbocycles. The molecule has 6 nitrogen and oxygen atoms in total. The SMILES string of the molecule is O=C1NCC(c2ccc3c(c2)OCO3)C1C(=O)OCc1ccccc1. The molecule has 1 saturated heterocycles. The molecule has 0 radical (unpaired) electrons. The second kappa shape index (κ2) is 6.47. The molecule has 0 bridgehead atoms. The summed E-state index contributed by atoms with van der Waals surface area (Å²) in [7, 11) is 0. The van der Waals surface area contributed by atoms with Gasteiger partial charge in [-0.3, -0.25) is 9.59 Å². The van der Waals surface area contributed by atoms with Crippen LogP contribution >= 0.6 is 0 Å². The molecule has 6 heteroatoms. The zero-order valence-corrected chi connectivity index (χ0v) is 13.4. The maximum atomic E-state index is 12.5. The van der Waals surface area contributed by atoms with Crippen molar-refractivity contribution in [3.63, 3.8) is 0 Å². The first-order chi connectivity index (χ1) is 12.2. The molecule has 1 fully saturated rings. The summed E-state index contributed by atoms with van der Waals surface area (Å²) in [5.74, 6) is -0.658. The van der Waals surface area contributed by atoms with Crippen LogP contribution in [-0.2, 0) is 20.9 Å². The minimum Gasteiger partial charge on any atom is -0.460 e. The first kappa shape index (κ1) is 15.5. The zero-order chi connectivity index (χ0) is 17.2. The first-order valence-corrected chi connectivity index (χ1v) is 8.10. The van der Waals surface area contributed by atoms with Gasteiger partial charge in [0.15, 0.2) is 11.5 Å². The Morgan fingerprint density at radius 3 is 2.76 bits per heavy atom. The van der Waals surface area contributed by atoms with Gasteiger partial charge in [-0.15, -0.1) is 0 Å². The molecule has 2 aromatic rings. The van der Waals surface area contributed by atoms with Crippen molar-refractivity contribution in [1.29, 1.82) is 0 Å². The average Bonchev–Trinajstić information content (AvgIpc) is 3.26. The van der Waals surface area contributed by atoms with Crippen molar-refractivity contribution < 1.29 is 23.8 Å². The number of hydrogen-bond acceptors (Lipinski definition) is 5.